The molecule has 3 aromatic rings. The minimum Gasteiger partial charge on any atom is -0.487 e. The Hall–Kier alpha value is -4.70. The number of rotatable bonds is 8. The molecule has 6 rings (SSSR count). The maximum atomic E-state index is 13.1. The van der Waals surface area contributed by atoms with Gasteiger partial charge in [0.2, 0.25) is 11.8 Å². The highest BCUT2D eigenvalue weighted by molar-refractivity contribution is 6.05. The van der Waals surface area contributed by atoms with Crippen LogP contribution in [0.25, 0.3) is 0 Å². The van der Waals surface area contributed by atoms with E-state index in [0.29, 0.717) is 37.2 Å². The Kier molecular flexibility index (Phi) is 8.37. The maximum absolute atomic E-state index is 13.1. The zero-order chi connectivity index (χ0) is 29.8. The third-order valence-corrected chi connectivity index (χ3v) is 8.29. The first-order chi connectivity index (χ1) is 20.9. The molecular formula is C33H35N5O5. The van der Waals surface area contributed by atoms with E-state index in [1.165, 1.54) is 10.5 Å². The van der Waals surface area contributed by atoms with Crippen LogP contribution in [-0.4, -0.2) is 64.8 Å². The molecule has 3 N–H and O–H groups in total. The zero-order valence-electron chi connectivity index (χ0n) is 23.8. The average molecular weight is 582 g/mol. The standard InChI is InChI=1S/C33H35N5O5/c39-30-14-13-28(31(40)36-30)38-20-24-17-25(11-12-26(24)32(38)41)43-29-21-37(19-23-9-5-2-6-10-23)16-15-27(29)35-33(42)34-18-22-7-3-1-4-8-22/h1-12,17,27-29H,13-16,18-21H2,(H2,34,35,42)(H,36,39,40)/t27-,28?,29-/m0/s1. The first-order valence-corrected chi connectivity index (χ1v) is 14.7. The van der Waals surface area contributed by atoms with Crippen molar-refractivity contribution >= 4 is 23.8 Å². The highest BCUT2D eigenvalue weighted by Gasteiger charge is 2.39. The molecule has 3 atom stereocenters. The minimum atomic E-state index is -0.671. The van der Waals surface area contributed by atoms with Crippen LogP contribution in [0.5, 0.6) is 5.75 Å². The second-order valence-electron chi connectivity index (χ2n) is 11.3. The predicted octanol–water partition coefficient (Wildman–Crippen LogP) is 2.97. The fourth-order valence-electron chi connectivity index (χ4n) is 6.05. The first-order valence-electron chi connectivity index (χ1n) is 14.7. The van der Waals surface area contributed by atoms with Crippen molar-refractivity contribution in [2.24, 2.45) is 0 Å². The number of imide groups is 1. The van der Waals surface area contributed by atoms with Crippen LogP contribution < -0.4 is 20.7 Å². The number of fused-ring (bicyclic) bond motifs is 1. The number of carbonyl (C=O) groups excluding carboxylic acids is 4. The zero-order valence-corrected chi connectivity index (χ0v) is 23.8. The van der Waals surface area contributed by atoms with Gasteiger partial charge in [0, 0.05) is 44.7 Å². The molecule has 0 saturated carbocycles. The molecule has 2 saturated heterocycles. The lowest BCUT2D eigenvalue weighted by molar-refractivity contribution is -0.136. The number of carbonyl (C=O) groups is 4. The van der Waals surface area contributed by atoms with Crippen LogP contribution in [0.4, 0.5) is 4.79 Å². The van der Waals surface area contributed by atoms with E-state index in [0.717, 1.165) is 24.2 Å². The van der Waals surface area contributed by atoms with Gasteiger partial charge in [0.05, 0.1) is 6.04 Å². The number of hydrogen-bond donors (Lipinski definition) is 3. The van der Waals surface area contributed by atoms with Gasteiger partial charge in [-0.3, -0.25) is 24.6 Å². The Morgan fingerprint density at radius 3 is 2.42 bits per heavy atom. The van der Waals surface area contributed by atoms with Gasteiger partial charge < -0.3 is 20.3 Å². The molecule has 5 amide bonds. The minimum absolute atomic E-state index is 0.208. The Labute approximate surface area is 250 Å². The van der Waals surface area contributed by atoms with Crippen molar-refractivity contribution in [1.82, 2.24) is 25.8 Å². The van der Waals surface area contributed by atoms with E-state index in [2.05, 4.69) is 33.0 Å². The van der Waals surface area contributed by atoms with Crippen molar-refractivity contribution < 1.29 is 23.9 Å². The van der Waals surface area contributed by atoms with Gasteiger partial charge in [-0.25, -0.2) is 4.79 Å². The van der Waals surface area contributed by atoms with Gasteiger partial charge in [-0.2, -0.15) is 0 Å². The molecule has 1 unspecified atom stereocenters. The lowest BCUT2D eigenvalue weighted by atomic mass is 10.0. The van der Waals surface area contributed by atoms with Crippen molar-refractivity contribution in [3.05, 3.63) is 101 Å². The number of likely N-dealkylation sites (tertiary alicyclic amines) is 1. The summed E-state index contributed by atoms with van der Waals surface area (Å²) in [5.41, 5.74) is 3.52. The number of amides is 5. The third kappa shape index (κ3) is 6.70. The predicted molar refractivity (Wildman–Crippen MR) is 159 cm³/mol. The Morgan fingerprint density at radius 1 is 0.930 bits per heavy atom. The maximum Gasteiger partial charge on any atom is 0.315 e. The van der Waals surface area contributed by atoms with Crippen LogP contribution in [0, 0.1) is 0 Å². The lowest BCUT2D eigenvalue weighted by Crippen LogP contribution is -2.57. The molecule has 0 radical (unpaired) electrons. The number of nitrogens with zero attached hydrogens (tertiary/aromatic N) is 2. The largest absolute Gasteiger partial charge is 0.487 e. The van der Waals surface area contributed by atoms with Crippen molar-refractivity contribution in [3.8, 4) is 5.75 Å². The van der Waals surface area contributed by atoms with Gasteiger partial charge in [0.1, 0.15) is 17.9 Å². The van der Waals surface area contributed by atoms with E-state index in [1.54, 1.807) is 12.1 Å². The fraction of sp³-hybridized carbons (Fsp3) is 0.333. The Morgan fingerprint density at radius 2 is 1.67 bits per heavy atom. The van der Waals surface area contributed by atoms with E-state index in [1.807, 2.05) is 54.6 Å². The summed E-state index contributed by atoms with van der Waals surface area (Å²) in [6.07, 6.45) is 0.899. The molecule has 0 spiro atoms. The van der Waals surface area contributed by atoms with Gasteiger partial charge in [0.25, 0.3) is 5.91 Å². The number of hydrogen-bond acceptors (Lipinski definition) is 6. The molecule has 10 heteroatoms. The van der Waals surface area contributed by atoms with Crippen LogP contribution in [0.2, 0.25) is 0 Å². The number of piperidine rings is 2. The lowest BCUT2D eigenvalue weighted by Gasteiger charge is -2.39. The second-order valence-corrected chi connectivity index (χ2v) is 11.3. The molecular weight excluding hydrogens is 546 g/mol. The van der Waals surface area contributed by atoms with E-state index >= 15 is 0 Å². The molecule has 43 heavy (non-hydrogen) atoms. The fourth-order valence-corrected chi connectivity index (χ4v) is 6.05. The smallest absolute Gasteiger partial charge is 0.315 e. The second kappa shape index (κ2) is 12.7. The molecule has 222 valence electrons. The van der Waals surface area contributed by atoms with Crippen LogP contribution in [0.15, 0.2) is 78.9 Å². The average Bonchev–Trinajstić information content (AvgIpc) is 3.33. The topological polar surface area (TPSA) is 120 Å². The number of benzene rings is 3. The highest BCUT2D eigenvalue weighted by atomic mass is 16.5. The third-order valence-electron chi connectivity index (χ3n) is 8.29. The summed E-state index contributed by atoms with van der Waals surface area (Å²) in [4.78, 5) is 53.9. The number of nitrogens with one attached hydrogen (secondary N) is 3. The first kappa shape index (κ1) is 28.4. The van der Waals surface area contributed by atoms with E-state index in [9.17, 15) is 19.2 Å². The highest BCUT2D eigenvalue weighted by Crippen LogP contribution is 2.31. The Balaban J connectivity index is 1.15. The number of ether oxygens (including phenoxy) is 1. The van der Waals surface area contributed by atoms with E-state index < -0.39 is 11.9 Å². The summed E-state index contributed by atoms with van der Waals surface area (Å²) < 4.78 is 6.54. The van der Waals surface area contributed by atoms with Crippen molar-refractivity contribution in [2.45, 2.75) is 57.1 Å². The molecule has 0 aromatic heterocycles. The number of urea groups is 1. The summed E-state index contributed by atoms with van der Waals surface area (Å²) in [5, 5.41) is 8.41. The summed E-state index contributed by atoms with van der Waals surface area (Å²) in [7, 11) is 0. The van der Waals surface area contributed by atoms with Crippen LogP contribution in [-0.2, 0) is 29.2 Å². The monoisotopic (exact) mass is 581 g/mol. The van der Waals surface area contributed by atoms with Crippen LogP contribution >= 0.6 is 0 Å². The quantitative estimate of drug-likeness (QED) is 0.352. The van der Waals surface area contributed by atoms with E-state index in [4.69, 9.17) is 4.74 Å². The molecule has 10 nitrogen and oxygen atoms in total. The van der Waals surface area contributed by atoms with E-state index in [-0.39, 0.29) is 43.0 Å². The van der Waals surface area contributed by atoms with Gasteiger partial charge in [-0.15, -0.1) is 0 Å². The molecule has 0 bridgehead atoms. The summed E-state index contributed by atoms with van der Waals surface area (Å²) >= 11 is 0. The van der Waals surface area contributed by atoms with Crippen molar-refractivity contribution in [1.29, 1.82) is 0 Å². The molecule has 0 aliphatic carbocycles. The normalized spacial score (nSPS) is 22.1. The molecule has 2 fully saturated rings. The van der Waals surface area contributed by atoms with Gasteiger partial charge >= 0.3 is 6.03 Å². The van der Waals surface area contributed by atoms with Crippen LogP contribution in [0.1, 0.15) is 46.3 Å². The van der Waals surface area contributed by atoms with Crippen LogP contribution in [0.3, 0.4) is 0 Å². The summed E-state index contributed by atoms with van der Waals surface area (Å²) in [5.74, 6) is -0.377. The molecule has 3 aliphatic heterocycles. The van der Waals surface area contributed by atoms with Gasteiger partial charge in [-0.1, -0.05) is 60.7 Å². The van der Waals surface area contributed by atoms with Crippen molar-refractivity contribution in [2.75, 3.05) is 13.1 Å². The van der Waals surface area contributed by atoms with Crippen molar-refractivity contribution in [3.63, 3.8) is 0 Å². The van der Waals surface area contributed by atoms with Gasteiger partial charge in [-0.05, 0) is 47.7 Å². The van der Waals surface area contributed by atoms with Gasteiger partial charge in [0.15, 0.2) is 0 Å². The summed E-state index contributed by atoms with van der Waals surface area (Å²) in [6, 6.07) is 24.2. The SMILES string of the molecule is O=C1CCC(N2Cc3cc(O[C@H]4CN(Cc5ccccc5)CC[C@@H]4NC(=O)NCc4ccccc4)ccc3C2=O)C(=O)N1. The molecule has 3 aromatic carbocycles. The summed E-state index contributed by atoms with van der Waals surface area (Å²) in [6.45, 7) is 2.88. The molecule has 3 aliphatic rings. The molecule has 3 heterocycles. The Bertz CT molecular complexity index is 1500.